The lowest BCUT2D eigenvalue weighted by Crippen LogP contribution is -2.48. The molecule has 4 aliphatic carbocycles. The third-order valence-electron chi connectivity index (χ3n) is 7.82. The zero-order valence-corrected chi connectivity index (χ0v) is 19.8. The molecule has 2 heterocycles. The minimum atomic E-state index is -0.180. The third kappa shape index (κ3) is 3.84. The van der Waals surface area contributed by atoms with Crippen molar-refractivity contribution in [1.29, 1.82) is 0 Å². The molecule has 4 saturated carbocycles. The highest BCUT2D eigenvalue weighted by atomic mass is 32.1. The van der Waals surface area contributed by atoms with Gasteiger partial charge in [0.25, 0.3) is 5.91 Å². The number of nitrogens with one attached hydrogen (secondary N) is 1. The Morgan fingerprint density at radius 1 is 1.09 bits per heavy atom. The molecule has 1 aromatic carbocycles. The summed E-state index contributed by atoms with van der Waals surface area (Å²) in [5.74, 6) is 3.84. The van der Waals surface area contributed by atoms with E-state index in [0.717, 1.165) is 39.8 Å². The predicted octanol–water partition coefficient (Wildman–Crippen LogP) is 5.44. The number of hydrogen-bond acceptors (Lipinski definition) is 7. The Morgan fingerprint density at radius 2 is 1.76 bits per heavy atom. The highest BCUT2D eigenvalue weighted by molar-refractivity contribution is 7.15. The molecule has 7 rings (SSSR count). The van der Waals surface area contributed by atoms with E-state index in [1.54, 1.807) is 35.6 Å². The lowest BCUT2D eigenvalue weighted by molar-refractivity contribution is -0.00555. The van der Waals surface area contributed by atoms with E-state index in [0.29, 0.717) is 23.1 Å². The number of anilines is 1. The molecule has 1 amide bonds. The van der Waals surface area contributed by atoms with Crippen LogP contribution in [0.4, 0.5) is 5.13 Å². The summed E-state index contributed by atoms with van der Waals surface area (Å²) in [6.45, 7) is 4.14. The van der Waals surface area contributed by atoms with Gasteiger partial charge in [0.15, 0.2) is 0 Å². The summed E-state index contributed by atoms with van der Waals surface area (Å²) in [5, 5.41) is 17.5. The molecule has 8 heteroatoms. The minimum absolute atomic E-state index is 0.180. The van der Waals surface area contributed by atoms with Crippen LogP contribution in [0, 0.1) is 31.6 Å². The Balaban J connectivity index is 1.10. The maximum Gasteiger partial charge on any atom is 0.257 e. The number of aryl methyl sites for hydroxylation is 2. The lowest BCUT2D eigenvalue weighted by Gasteiger charge is -2.55. The molecule has 0 unspecified atom stereocenters. The number of nitrogens with zero attached hydrogens (tertiary/aromatic N) is 3. The van der Waals surface area contributed by atoms with Crippen LogP contribution in [0.1, 0.15) is 70.9 Å². The monoisotopic (exact) mass is 464 g/mol. The van der Waals surface area contributed by atoms with Crippen molar-refractivity contribution < 1.29 is 14.1 Å². The maximum atomic E-state index is 12.8. The van der Waals surface area contributed by atoms with E-state index >= 15 is 0 Å². The standard InChI is InChI=1S/C25H28N4O3S/c1-14-21(15(2)32-29-14)13-31-20-5-3-19(4-6-20)22(30)26-24-28-27-23(33-24)25-10-16-7-17(11-25)9-18(8-16)12-25/h3-6,16-18H,7-13H2,1-2H3,(H,26,28,30). The predicted molar refractivity (Wildman–Crippen MR) is 124 cm³/mol. The van der Waals surface area contributed by atoms with Gasteiger partial charge in [-0.2, -0.15) is 0 Å². The molecule has 7 nitrogen and oxygen atoms in total. The van der Waals surface area contributed by atoms with Crippen molar-refractivity contribution >= 4 is 22.4 Å². The molecular weight excluding hydrogens is 436 g/mol. The molecule has 4 fully saturated rings. The van der Waals surface area contributed by atoms with Gasteiger partial charge in [0.05, 0.1) is 11.3 Å². The van der Waals surface area contributed by atoms with Gasteiger partial charge in [-0.05, 0) is 94.4 Å². The number of amides is 1. The van der Waals surface area contributed by atoms with Crippen molar-refractivity contribution in [3.05, 3.63) is 51.9 Å². The van der Waals surface area contributed by atoms with Crippen molar-refractivity contribution in [3.8, 4) is 5.75 Å². The highest BCUT2D eigenvalue weighted by Crippen LogP contribution is 2.61. The zero-order valence-electron chi connectivity index (χ0n) is 19.0. The normalized spacial score (nSPS) is 27.6. The summed E-state index contributed by atoms with van der Waals surface area (Å²) in [4.78, 5) is 12.8. The molecule has 0 saturated heterocycles. The summed E-state index contributed by atoms with van der Waals surface area (Å²) in [6.07, 6.45) is 7.95. The average Bonchev–Trinajstić information content (AvgIpc) is 3.39. The van der Waals surface area contributed by atoms with Crippen molar-refractivity contribution in [1.82, 2.24) is 15.4 Å². The third-order valence-corrected chi connectivity index (χ3v) is 8.90. The van der Waals surface area contributed by atoms with Crippen LogP contribution >= 0.6 is 11.3 Å². The summed E-state index contributed by atoms with van der Waals surface area (Å²) in [7, 11) is 0. The number of carbonyl (C=O) groups excluding carboxylic acids is 1. The van der Waals surface area contributed by atoms with Gasteiger partial charge in [-0.15, -0.1) is 10.2 Å². The number of carbonyl (C=O) groups is 1. The number of benzene rings is 1. The van der Waals surface area contributed by atoms with Gasteiger partial charge in [-0.3, -0.25) is 10.1 Å². The molecule has 1 N–H and O–H groups in total. The van der Waals surface area contributed by atoms with Crippen LogP contribution in [0.2, 0.25) is 0 Å². The fourth-order valence-electron chi connectivity index (χ4n) is 6.60. The summed E-state index contributed by atoms with van der Waals surface area (Å²) in [5.41, 5.74) is 2.54. The fraction of sp³-hybridized carbons (Fsp3) is 0.520. The van der Waals surface area contributed by atoms with Crippen LogP contribution in [-0.2, 0) is 12.0 Å². The van der Waals surface area contributed by atoms with E-state index < -0.39 is 0 Å². The van der Waals surface area contributed by atoms with E-state index in [4.69, 9.17) is 9.26 Å². The molecule has 172 valence electrons. The Morgan fingerprint density at radius 3 is 2.36 bits per heavy atom. The van der Waals surface area contributed by atoms with Gasteiger partial charge < -0.3 is 9.26 Å². The molecule has 4 bridgehead atoms. The van der Waals surface area contributed by atoms with Crippen LogP contribution in [0.15, 0.2) is 28.8 Å². The van der Waals surface area contributed by atoms with Gasteiger partial charge in [-0.25, -0.2) is 0 Å². The van der Waals surface area contributed by atoms with E-state index in [1.165, 1.54) is 38.5 Å². The second-order valence-corrected chi connectivity index (χ2v) is 11.2. The molecule has 0 spiro atoms. The summed E-state index contributed by atoms with van der Waals surface area (Å²) < 4.78 is 11.0. The second kappa shape index (κ2) is 7.94. The van der Waals surface area contributed by atoms with E-state index in [1.807, 2.05) is 13.8 Å². The minimum Gasteiger partial charge on any atom is -0.489 e. The molecule has 2 aromatic heterocycles. The van der Waals surface area contributed by atoms with Gasteiger partial charge in [0.1, 0.15) is 23.1 Å². The molecule has 3 aromatic rings. The quantitative estimate of drug-likeness (QED) is 0.522. The second-order valence-electron chi connectivity index (χ2n) is 10.2. The van der Waals surface area contributed by atoms with Gasteiger partial charge >= 0.3 is 0 Å². The van der Waals surface area contributed by atoms with Crippen LogP contribution in [0.3, 0.4) is 0 Å². The van der Waals surface area contributed by atoms with Crippen LogP contribution < -0.4 is 10.1 Å². The highest BCUT2D eigenvalue weighted by Gasteiger charge is 2.53. The largest absolute Gasteiger partial charge is 0.489 e. The molecule has 0 aliphatic heterocycles. The number of ether oxygens (including phenoxy) is 1. The van der Waals surface area contributed by atoms with Crippen molar-refractivity contribution in [2.75, 3.05) is 5.32 Å². The number of hydrogen-bond donors (Lipinski definition) is 1. The molecule has 0 radical (unpaired) electrons. The Hall–Kier alpha value is -2.74. The Kier molecular flexibility index (Phi) is 5.01. The number of aromatic nitrogens is 3. The summed E-state index contributed by atoms with van der Waals surface area (Å²) >= 11 is 1.56. The van der Waals surface area contributed by atoms with Gasteiger partial charge in [0.2, 0.25) is 5.13 Å². The number of rotatable bonds is 6. The Labute approximate surface area is 196 Å². The zero-order chi connectivity index (χ0) is 22.6. The molecular formula is C25H28N4O3S. The SMILES string of the molecule is Cc1noc(C)c1COc1ccc(C(=O)Nc2nnc(C34CC5CC(CC(C5)C3)C4)s2)cc1. The smallest absolute Gasteiger partial charge is 0.257 e. The van der Waals surface area contributed by atoms with Crippen molar-refractivity contribution in [2.45, 2.75) is 64.4 Å². The first-order valence-corrected chi connectivity index (χ1v) is 12.6. The topological polar surface area (TPSA) is 90.1 Å². The maximum absolute atomic E-state index is 12.8. The molecule has 0 atom stereocenters. The van der Waals surface area contributed by atoms with Crippen molar-refractivity contribution in [2.24, 2.45) is 17.8 Å². The van der Waals surface area contributed by atoms with E-state index in [2.05, 4.69) is 20.7 Å². The van der Waals surface area contributed by atoms with Crippen LogP contribution in [0.25, 0.3) is 0 Å². The average molecular weight is 465 g/mol. The first-order chi connectivity index (χ1) is 16.0. The molecule has 4 aliphatic rings. The first kappa shape index (κ1) is 20.8. The molecule has 33 heavy (non-hydrogen) atoms. The first-order valence-electron chi connectivity index (χ1n) is 11.8. The van der Waals surface area contributed by atoms with E-state index in [9.17, 15) is 4.79 Å². The van der Waals surface area contributed by atoms with Crippen LogP contribution in [0.5, 0.6) is 5.75 Å². The summed E-state index contributed by atoms with van der Waals surface area (Å²) in [6, 6.07) is 7.13. The van der Waals surface area contributed by atoms with E-state index in [-0.39, 0.29) is 11.3 Å². The van der Waals surface area contributed by atoms with Gasteiger partial charge in [-0.1, -0.05) is 16.5 Å². The Bertz CT molecular complexity index is 1130. The fourth-order valence-corrected chi connectivity index (χ4v) is 7.55. The van der Waals surface area contributed by atoms with Gasteiger partial charge in [0, 0.05) is 11.0 Å². The van der Waals surface area contributed by atoms with Crippen LogP contribution in [-0.4, -0.2) is 21.3 Å². The lowest BCUT2D eigenvalue weighted by atomic mass is 9.50. The van der Waals surface area contributed by atoms with Crippen molar-refractivity contribution in [3.63, 3.8) is 0 Å².